The largest absolute Gasteiger partial charge is 0.314 e. The third kappa shape index (κ3) is 4.59. The molecule has 0 bridgehead atoms. The second-order valence-electron chi connectivity index (χ2n) is 8.74. The highest BCUT2D eigenvalue weighted by molar-refractivity contribution is 5.87. The van der Waals surface area contributed by atoms with Gasteiger partial charge in [-0.3, -0.25) is 10.00 Å². The van der Waals surface area contributed by atoms with E-state index < -0.39 is 11.6 Å². The van der Waals surface area contributed by atoms with Crippen LogP contribution in [0.2, 0.25) is 0 Å². The number of fused-ring (bicyclic) bond motifs is 1. The van der Waals surface area contributed by atoms with Gasteiger partial charge in [0.1, 0.15) is 17.0 Å². The summed E-state index contributed by atoms with van der Waals surface area (Å²) in [6, 6.07) is 6.79. The van der Waals surface area contributed by atoms with Crippen LogP contribution in [0.15, 0.2) is 36.7 Å². The van der Waals surface area contributed by atoms with E-state index in [1.165, 1.54) is 6.07 Å². The number of aromatic amines is 1. The quantitative estimate of drug-likeness (QED) is 0.398. The van der Waals surface area contributed by atoms with E-state index in [2.05, 4.69) is 40.7 Å². The van der Waals surface area contributed by atoms with E-state index in [1.807, 2.05) is 32.2 Å². The lowest BCUT2D eigenvalue weighted by Gasteiger charge is -2.27. The van der Waals surface area contributed by atoms with Gasteiger partial charge in [-0.05, 0) is 29.7 Å². The number of halogens is 2. The molecule has 1 fully saturated rings. The minimum Gasteiger partial charge on any atom is -0.314 e. The maximum atomic E-state index is 14.7. The number of aromatic nitrogens is 5. The highest BCUT2D eigenvalue weighted by Crippen LogP contribution is 2.31. The molecule has 4 heterocycles. The van der Waals surface area contributed by atoms with E-state index >= 15 is 0 Å². The Balaban J connectivity index is 1.38. The summed E-state index contributed by atoms with van der Waals surface area (Å²) in [4.78, 5) is 15.2. The number of anilines is 2. The van der Waals surface area contributed by atoms with Crippen LogP contribution in [0, 0.1) is 11.6 Å². The van der Waals surface area contributed by atoms with Crippen molar-refractivity contribution in [1.29, 1.82) is 0 Å². The molecule has 0 radical (unpaired) electrons. The molecule has 0 unspecified atom stereocenters. The molecule has 5 rings (SSSR count). The third-order valence-electron chi connectivity index (χ3n) is 5.92. The van der Waals surface area contributed by atoms with Crippen LogP contribution in [0.5, 0.6) is 0 Å². The first-order chi connectivity index (χ1) is 16.5. The molecule has 3 aromatic heterocycles. The van der Waals surface area contributed by atoms with Crippen molar-refractivity contribution in [1.82, 2.24) is 35.4 Å². The van der Waals surface area contributed by atoms with Gasteiger partial charge in [0.2, 0.25) is 5.95 Å². The van der Waals surface area contributed by atoms with Gasteiger partial charge in [-0.2, -0.15) is 5.10 Å². The van der Waals surface area contributed by atoms with Gasteiger partial charge in [-0.25, -0.2) is 23.7 Å². The van der Waals surface area contributed by atoms with E-state index in [1.54, 1.807) is 6.07 Å². The van der Waals surface area contributed by atoms with Gasteiger partial charge >= 0.3 is 0 Å². The standard InChI is InChI=1S/C24H26F2N8/c1-14(2)21-17-9-16(10-18(25)23(17)33-32-21)22-19(26)12-29-24(31-22)30-20-4-3-15(11-28-20)13-34-7-5-27-6-8-34/h3-4,9-12,14,27H,5-8,13H2,1-2H3,(H,32,33)(H,28,29,30,31). The molecule has 0 amide bonds. The molecule has 34 heavy (non-hydrogen) atoms. The van der Waals surface area contributed by atoms with Crippen molar-refractivity contribution in [2.45, 2.75) is 26.3 Å². The minimum absolute atomic E-state index is 0.00420. The summed E-state index contributed by atoms with van der Waals surface area (Å²) >= 11 is 0. The van der Waals surface area contributed by atoms with Crippen molar-refractivity contribution in [2.24, 2.45) is 0 Å². The summed E-state index contributed by atoms with van der Waals surface area (Å²) in [7, 11) is 0. The average Bonchev–Trinajstić information content (AvgIpc) is 3.27. The minimum atomic E-state index is -0.641. The number of hydrogen-bond donors (Lipinski definition) is 3. The summed E-state index contributed by atoms with van der Waals surface area (Å²) in [6.07, 6.45) is 2.88. The zero-order valence-corrected chi connectivity index (χ0v) is 19.1. The molecule has 10 heteroatoms. The Bertz CT molecular complexity index is 1300. The molecular formula is C24H26F2N8. The number of piperazine rings is 1. The molecule has 1 aromatic carbocycles. The van der Waals surface area contributed by atoms with E-state index in [0.717, 1.165) is 50.2 Å². The summed E-state index contributed by atoms with van der Waals surface area (Å²) in [5.74, 6) is -0.355. The van der Waals surface area contributed by atoms with Crippen LogP contribution in [0.4, 0.5) is 20.5 Å². The Labute approximate surface area is 195 Å². The average molecular weight is 465 g/mol. The fourth-order valence-electron chi connectivity index (χ4n) is 4.13. The Morgan fingerprint density at radius 2 is 1.88 bits per heavy atom. The Morgan fingerprint density at radius 3 is 2.62 bits per heavy atom. The van der Waals surface area contributed by atoms with Crippen molar-refractivity contribution in [2.75, 3.05) is 31.5 Å². The zero-order chi connectivity index (χ0) is 23.7. The number of benzene rings is 1. The van der Waals surface area contributed by atoms with Gasteiger partial charge in [0.15, 0.2) is 11.6 Å². The van der Waals surface area contributed by atoms with Crippen LogP contribution in [-0.4, -0.2) is 56.2 Å². The lowest BCUT2D eigenvalue weighted by molar-refractivity contribution is 0.233. The van der Waals surface area contributed by atoms with Crippen LogP contribution in [-0.2, 0) is 6.54 Å². The number of rotatable bonds is 6. The summed E-state index contributed by atoms with van der Waals surface area (Å²) in [5, 5.41) is 13.9. The van der Waals surface area contributed by atoms with Crippen molar-refractivity contribution < 1.29 is 8.78 Å². The fourth-order valence-corrected chi connectivity index (χ4v) is 4.13. The lowest BCUT2D eigenvalue weighted by atomic mass is 10.0. The Kier molecular flexibility index (Phi) is 6.16. The fraction of sp³-hybridized carbons (Fsp3) is 0.333. The van der Waals surface area contributed by atoms with Crippen LogP contribution < -0.4 is 10.6 Å². The van der Waals surface area contributed by atoms with Gasteiger partial charge in [0, 0.05) is 55.6 Å². The van der Waals surface area contributed by atoms with E-state index in [-0.39, 0.29) is 23.1 Å². The molecule has 0 aliphatic carbocycles. The molecule has 176 valence electrons. The van der Waals surface area contributed by atoms with Gasteiger partial charge in [0.05, 0.1) is 6.20 Å². The predicted molar refractivity (Wildman–Crippen MR) is 127 cm³/mol. The molecule has 0 spiro atoms. The first-order valence-electron chi connectivity index (χ1n) is 11.3. The topological polar surface area (TPSA) is 94.7 Å². The Hall–Kier alpha value is -3.50. The summed E-state index contributed by atoms with van der Waals surface area (Å²) in [5.41, 5.74) is 2.44. The van der Waals surface area contributed by atoms with Crippen molar-refractivity contribution >= 4 is 22.7 Å². The number of hydrogen-bond acceptors (Lipinski definition) is 7. The highest BCUT2D eigenvalue weighted by atomic mass is 19.1. The number of nitrogens with zero attached hydrogens (tertiary/aromatic N) is 5. The first kappa shape index (κ1) is 22.3. The summed E-state index contributed by atoms with van der Waals surface area (Å²) in [6.45, 7) is 8.80. The molecule has 0 saturated carbocycles. The molecule has 1 aliphatic rings. The molecule has 1 saturated heterocycles. The van der Waals surface area contributed by atoms with Gasteiger partial charge in [0.25, 0.3) is 0 Å². The molecule has 8 nitrogen and oxygen atoms in total. The van der Waals surface area contributed by atoms with Crippen LogP contribution in [0.1, 0.15) is 31.0 Å². The monoisotopic (exact) mass is 464 g/mol. The Morgan fingerprint density at radius 1 is 1.06 bits per heavy atom. The highest BCUT2D eigenvalue weighted by Gasteiger charge is 2.18. The van der Waals surface area contributed by atoms with Gasteiger partial charge < -0.3 is 10.6 Å². The number of H-pyrrole nitrogens is 1. The van der Waals surface area contributed by atoms with E-state index in [0.29, 0.717) is 16.8 Å². The van der Waals surface area contributed by atoms with Crippen LogP contribution in [0.25, 0.3) is 22.2 Å². The molecule has 4 aromatic rings. The SMILES string of the molecule is CC(C)c1[nH]nc2c(F)cc(-c3nc(Nc4ccc(CN5CCNCC5)cn4)ncc3F)cc12. The smallest absolute Gasteiger partial charge is 0.229 e. The van der Waals surface area contributed by atoms with Crippen LogP contribution in [0.3, 0.4) is 0 Å². The molecule has 0 atom stereocenters. The third-order valence-corrected chi connectivity index (χ3v) is 5.92. The summed E-state index contributed by atoms with van der Waals surface area (Å²) < 4.78 is 29.4. The van der Waals surface area contributed by atoms with Crippen LogP contribution >= 0.6 is 0 Å². The first-order valence-corrected chi connectivity index (χ1v) is 11.3. The normalized spacial score (nSPS) is 14.7. The maximum Gasteiger partial charge on any atom is 0.229 e. The van der Waals surface area contributed by atoms with E-state index in [9.17, 15) is 8.78 Å². The second-order valence-corrected chi connectivity index (χ2v) is 8.74. The molecular weight excluding hydrogens is 438 g/mol. The van der Waals surface area contributed by atoms with Crippen molar-refractivity contribution in [3.8, 4) is 11.3 Å². The van der Waals surface area contributed by atoms with Crippen molar-refractivity contribution in [3.63, 3.8) is 0 Å². The molecule has 1 aliphatic heterocycles. The number of nitrogens with one attached hydrogen (secondary N) is 3. The van der Waals surface area contributed by atoms with Gasteiger partial charge in [-0.15, -0.1) is 0 Å². The van der Waals surface area contributed by atoms with Gasteiger partial charge in [-0.1, -0.05) is 19.9 Å². The molecule has 3 N–H and O–H groups in total. The van der Waals surface area contributed by atoms with E-state index in [4.69, 9.17) is 0 Å². The predicted octanol–water partition coefficient (Wildman–Crippen LogP) is 3.97. The zero-order valence-electron chi connectivity index (χ0n) is 19.1. The number of pyridine rings is 1. The lowest BCUT2D eigenvalue weighted by Crippen LogP contribution is -2.42. The maximum absolute atomic E-state index is 14.7. The second kappa shape index (κ2) is 9.40. The van der Waals surface area contributed by atoms with Crippen molar-refractivity contribution in [3.05, 3.63) is 59.6 Å².